The van der Waals surface area contributed by atoms with Gasteiger partial charge in [-0.25, -0.2) is 4.99 Å². The first kappa shape index (κ1) is 12.2. The summed E-state index contributed by atoms with van der Waals surface area (Å²) in [4.78, 5) is 4.41. The van der Waals surface area contributed by atoms with Crippen LogP contribution in [0.25, 0.3) is 5.70 Å². The first-order valence-electron chi connectivity index (χ1n) is 5.14. The van der Waals surface area contributed by atoms with Gasteiger partial charge in [-0.15, -0.1) is 0 Å². The van der Waals surface area contributed by atoms with E-state index in [0.29, 0.717) is 11.5 Å². The molecule has 0 saturated carbocycles. The average molecular weight is 215 g/mol. The molecule has 84 valence electrons. The molecule has 0 amide bonds. The Kier molecular flexibility index (Phi) is 4.06. The van der Waals surface area contributed by atoms with Gasteiger partial charge in [0.05, 0.1) is 12.0 Å². The van der Waals surface area contributed by atoms with Gasteiger partial charge >= 0.3 is 0 Å². The fraction of sp³-hybridized carbons (Fsp3) is 0.214. The molecule has 1 aromatic rings. The molecule has 0 spiro atoms. The van der Waals surface area contributed by atoms with Crippen LogP contribution in [0.3, 0.4) is 0 Å². The summed E-state index contributed by atoms with van der Waals surface area (Å²) in [6, 6.07) is 3.66. The SMILES string of the molecule is C=CC(C(C)=NC(=C)c1ccco1)=C(C)C. The molecule has 16 heavy (non-hydrogen) atoms. The largest absolute Gasteiger partial charge is 0.463 e. The molecule has 0 aliphatic heterocycles. The molecule has 2 heteroatoms. The molecule has 0 aliphatic rings. The lowest BCUT2D eigenvalue weighted by Crippen LogP contribution is -1.97. The lowest BCUT2D eigenvalue weighted by Gasteiger charge is -2.04. The van der Waals surface area contributed by atoms with E-state index in [-0.39, 0.29) is 0 Å². The maximum Gasteiger partial charge on any atom is 0.151 e. The fourth-order valence-corrected chi connectivity index (χ4v) is 1.47. The number of aliphatic imine (C=N–C) groups is 1. The quantitative estimate of drug-likeness (QED) is 0.545. The third-order valence-corrected chi connectivity index (χ3v) is 2.24. The molecular weight excluding hydrogens is 198 g/mol. The third-order valence-electron chi connectivity index (χ3n) is 2.24. The summed E-state index contributed by atoms with van der Waals surface area (Å²) in [5, 5.41) is 0. The van der Waals surface area contributed by atoms with Gasteiger partial charge in [-0.3, -0.25) is 0 Å². The van der Waals surface area contributed by atoms with Crippen molar-refractivity contribution in [2.24, 2.45) is 4.99 Å². The number of allylic oxidation sites excluding steroid dienone is 3. The Morgan fingerprint density at radius 1 is 1.38 bits per heavy atom. The molecule has 0 aliphatic carbocycles. The van der Waals surface area contributed by atoms with Crippen LogP contribution in [0.1, 0.15) is 26.5 Å². The Labute approximate surface area is 96.7 Å². The summed E-state index contributed by atoms with van der Waals surface area (Å²) in [5.41, 5.74) is 3.76. The Morgan fingerprint density at radius 2 is 2.06 bits per heavy atom. The Hall–Kier alpha value is -1.83. The summed E-state index contributed by atoms with van der Waals surface area (Å²) < 4.78 is 5.22. The van der Waals surface area contributed by atoms with E-state index in [1.54, 1.807) is 6.26 Å². The van der Waals surface area contributed by atoms with Crippen LogP contribution in [0.5, 0.6) is 0 Å². The van der Waals surface area contributed by atoms with Gasteiger partial charge in [0.2, 0.25) is 0 Å². The van der Waals surface area contributed by atoms with E-state index in [1.807, 2.05) is 39.0 Å². The zero-order valence-electron chi connectivity index (χ0n) is 10.1. The predicted octanol–water partition coefficient (Wildman–Crippen LogP) is 4.23. The molecule has 0 atom stereocenters. The van der Waals surface area contributed by atoms with Gasteiger partial charge in [0.1, 0.15) is 0 Å². The van der Waals surface area contributed by atoms with E-state index < -0.39 is 0 Å². The van der Waals surface area contributed by atoms with E-state index in [1.165, 1.54) is 5.57 Å². The molecule has 2 nitrogen and oxygen atoms in total. The van der Waals surface area contributed by atoms with E-state index in [9.17, 15) is 0 Å². The highest BCUT2D eigenvalue weighted by atomic mass is 16.3. The number of nitrogens with zero attached hydrogens (tertiary/aromatic N) is 1. The summed E-state index contributed by atoms with van der Waals surface area (Å²) in [7, 11) is 0. The molecule has 1 rings (SSSR count). The summed E-state index contributed by atoms with van der Waals surface area (Å²) in [5.74, 6) is 0.691. The molecule has 0 unspecified atom stereocenters. The second-order valence-electron chi connectivity index (χ2n) is 3.74. The lowest BCUT2D eigenvalue weighted by molar-refractivity contribution is 0.552. The van der Waals surface area contributed by atoms with Crippen molar-refractivity contribution in [1.29, 1.82) is 0 Å². The number of furan rings is 1. The number of hydrogen-bond acceptors (Lipinski definition) is 2. The molecular formula is C14H17NO. The highest BCUT2D eigenvalue weighted by molar-refractivity contribution is 6.03. The summed E-state index contributed by atoms with van der Waals surface area (Å²) in [6.45, 7) is 13.7. The van der Waals surface area contributed by atoms with Crippen LogP contribution < -0.4 is 0 Å². The Bertz CT molecular complexity index is 443. The van der Waals surface area contributed by atoms with Crippen molar-refractivity contribution < 1.29 is 4.42 Å². The van der Waals surface area contributed by atoms with Crippen LogP contribution in [0.4, 0.5) is 0 Å². The van der Waals surface area contributed by atoms with Crippen molar-refractivity contribution in [1.82, 2.24) is 0 Å². The number of rotatable bonds is 4. The second kappa shape index (κ2) is 5.31. The van der Waals surface area contributed by atoms with Crippen LogP contribution in [-0.4, -0.2) is 5.71 Å². The zero-order chi connectivity index (χ0) is 12.1. The molecule has 0 bridgehead atoms. The monoisotopic (exact) mass is 215 g/mol. The molecule has 1 heterocycles. The van der Waals surface area contributed by atoms with Crippen molar-refractivity contribution in [3.8, 4) is 0 Å². The standard InChI is InChI=1S/C14H17NO/c1-6-13(10(2)3)11(4)15-12(5)14-8-7-9-16-14/h6-9H,1,5H2,2-4H3. The van der Waals surface area contributed by atoms with Gasteiger partial charge in [0, 0.05) is 5.71 Å². The van der Waals surface area contributed by atoms with Crippen LogP contribution in [0.2, 0.25) is 0 Å². The maximum atomic E-state index is 5.22. The van der Waals surface area contributed by atoms with Gasteiger partial charge in [0.25, 0.3) is 0 Å². The van der Waals surface area contributed by atoms with Gasteiger partial charge in [-0.05, 0) is 38.5 Å². The minimum atomic E-state index is 0.628. The second-order valence-corrected chi connectivity index (χ2v) is 3.74. The molecule has 0 fully saturated rings. The minimum absolute atomic E-state index is 0.628. The third kappa shape index (κ3) is 2.83. The molecule has 0 radical (unpaired) electrons. The predicted molar refractivity (Wildman–Crippen MR) is 69.4 cm³/mol. The Balaban J connectivity index is 2.98. The van der Waals surface area contributed by atoms with Crippen LogP contribution in [-0.2, 0) is 0 Å². The van der Waals surface area contributed by atoms with E-state index in [4.69, 9.17) is 4.42 Å². The lowest BCUT2D eigenvalue weighted by atomic mass is 10.1. The summed E-state index contributed by atoms with van der Waals surface area (Å²) in [6.07, 6.45) is 3.42. The fourth-order valence-electron chi connectivity index (χ4n) is 1.47. The van der Waals surface area contributed by atoms with Gasteiger partial charge in [0.15, 0.2) is 5.76 Å². The smallest absolute Gasteiger partial charge is 0.151 e. The van der Waals surface area contributed by atoms with Gasteiger partial charge in [-0.2, -0.15) is 0 Å². The first-order chi connectivity index (χ1) is 7.56. The van der Waals surface area contributed by atoms with Gasteiger partial charge in [-0.1, -0.05) is 24.8 Å². The van der Waals surface area contributed by atoms with Crippen LogP contribution in [0.15, 0.2) is 58.2 Å². The highest BCUT2D eigenvalue weighted by Crippen LogP contribution is 2.16. The zero-order valence-corrected chi connectivity index (χ0v) is 10.1. The topological polar surface area (TPSA) is 25.5 Å². The minimum Gasteiger partial charge on any atom is -0.463 e. The van der Waals surface area contributed by atoms with Crippen LogP contribution in [0, 0.1) is 0 Å². The first-order valence-corrected chi connectivity index (χ1v) is 5.14. The van der Waals surface area contributed by atoms with E-state index >= 15 is 0 Å². The van der Waals surface area contributed by atoms with Crippen molar-refractivity contribution in [2.45, 2.75) is 20.8 Å². The van der Waals surface area contributed by atoms with Crippen molar-refractivity contribution in [2.75, 3.05) is 0 Å². The normalized spacial score (nSPS) is 11.1. The van der Waals surface area contributed by atoms with E-state index in [0.717, 1.165) is 11.3 Å². The van der Waals surface area contributed by atoms with Crippen LogP contribution >= 0.6 is 0 Å². The molecule has 0 N–H and O–H groups in total. The molecule has 0 saturated heterocycles. The van der Waals surface area contributed by atoms with Gasteiger partial charge < -0.3 is 4.42 Å². The molecule has 1 aromatic heterocycles. The summed E-state index contributed by atoms with van der Waals surface area (Å²) >= 11 is 0. The van der Waals surface area contributed by atoms with E-state index in [2.05, 4.69) is 18.2 Å². The van der Waals surface area contributed by atoms with Crippen molar-refractivity contribution >= 4 is 11.4 Å². The van der Waals surface area contributed by atoms with Crippen molar-refractivity contribution in [3.05, 3.63) is 54.5 Å². The number of hydrogen-bond donors (Lipinski definition) is 0. The average Bonchev–Trinajstić information content (AvgIpc) is 2.70. The Morgan fingerprint density at radius 3 is 2.50 bits per heavy atom. The maximum absolute atomic E-state index is 5.22. The van der Waals surface area contributed by atoms with Crippen molar-refractivity contribution in [3.63, 3.8) is 0 Å². The molecule has 0 aromatic carbocycles. The highest BCUT2D eigenvalue weighted by Gasteiger charge is 2.03.